The molecule has 0 aliphatic carbocycles. The number of phenols is 1. The zero-order chi connectivity index (χ0) is 28.9. The van der Waals surface area contributed by atoms with E-state index in [2.05, 4.69) is 10.0 Å². The predicted molar refractivity (Wildman–Crippen MR) is 151 cm³/mol. The topological polar surface area (TPSA) is 191 Å². The highest BCUT2D eigenvalue weighted by Crippen LogP contribution is 2.26. The Morgan fingerprint density at radius 1 is 0.725 bits per heavy atom. The zero-order valence-corrected chi connectivity index (χ0v) is 22.6. The Morgan fingerprint density at radius 2 is 1.23 bits per heavy atom. The van der Waals surface area contributed by atoms with Gasteiger partial charge in [-0.3, -0.25) is 4.72 Å². The molecule has 0 unspecified atom stereocenters. The van der Waals surface area contributed by atoms with E-state index in [0.717, 1.165) is 6.07 Å². The molecule has 0 fully saturated rings. The van der Waals surface area contributed by atoms with Crippen LogP contribution in [-0.2, 0) is 24.6 Å². The van der Waals surface area contributed by atoms with E-state index >= 15 is 0 Å². The van der Waals surface area contributed by atoms with Gasteiger partial charge in [0.15, 0.2) is 0 Å². The van der Waals surface area contributed by atoms with Gasteiger partial charge < -0.3 is 26.6 Å². The lowest BCUT2D eigenvalue weighted by Gasteiger charge is -2.11. The quantitative estimate of drug-likeness (QED) is 0.105. The van der Waals surface area contributed by atoms with Gasteiger partial charge >= 0.3 is 5.97 Å². The third kappa shape index (κ3) is 6.62. The first-order valence-corrected chi connectivity index (χ1v) is 14.8. The van der Waals surface area contributed by atoms with E-state index in [-0.39, 0.29) is 39.1 Å². The minimum atomic E-state index is -3.93. The Morgan fingerprint density at radius 3 is 1.77 bits per heavy atom. The van der Waals surface area contributed by atoms with Crippen LogP contribution >= 0.6 is 0 Å². The number of sulfonamides is 1. The van der Waals surface area contributed by atoms with Crippen LogP contribution in [0.3, 0.4) is 0 Å². The number of carbonyl (C=O) groups is 1. The van der Waals surface area contributed by atoms with Crippen LogP contribution in [0.5, 0.6) is 5.75 Å². The Bertz CT molecular complexity index is 1720. The SMILES string of the molecule is Nc1ccc(S(=O)(=O)Nc2ccc(C(=O)OCCNc3ccc(S(=O)(=O)c4ccc(N)cc4)cc3)c(O)c2)cc1. The number of carbonyl (C=O) groups excluding carboxylic acids is 1. The first-order valence-electron chi connectivity index (χ1n) is 11.8. The molecule has 0 heterocycles. The van der Waals surface area contributed by atoms with Crippen LogP contribution in [0.25, 0.3) is 0 Å². The second-order valence-corrected chi connectivity index (χ2v) is 12.2. The summed E-state index contributed by atoms with van der Waals surface area (Å²) in [6.07, 6.45) is 0. The lowest BCUT2D eigenvalue weighted by atomic mass is 10.2. The van der Waals surface area contributed by atoms with Gasteiger partial charge in [-0.1, -0.05) is 0 Å². The van der Waals surface area contributed by atoms with Crippen molar-refractivity contribution in [3.63, 3.8) is 0 Å². The van der Waals surface area contributed by atoms with Gasteiger partial charge in [-0.2, -0.15) is 0 Å². The van der Waals surface area contributed by atoms with Crippen LogP contribution in [0, 0.1) is 0 Å². The van der Waals surface area contributed by atoms with Crippen LogP contribution in [0.2, 0.25) is 0 Å². The van der Waals surface area contributed by atoms with E-state index < -0.39 is 31.6 Å². The van der Waals surface area contributed by atoms with Crippen molar-refractivity contribution in [1.82, 2.24) is 0 Å². The van der Waals surface area contributed by atoms with Gasteiger partial charge in [0.1, 0.15) is 17.9 Å². The van der Waals surface area contributed by atoms with Gasteiger partial charge in [-0.25, -0.2) is 21.6 Å². The molecule has 0 atom stereocenters. The molecule has 40 heavy (non-hydrogen) atoms. The molecule has 0 radical (unpaired) electrons. The van der Waals surface area contributed by atoms with Gasteiger partial charge in [0.05, 0.1) is 20.4 Å². The maximum absolute atomic E-state index is 12.7. The number of hydrogen-bond acceptors (Lipinski definition) is 10. The number of anilines is 4. The Labute approximate surface area is 231 Å². The van der Waals surface area contributed by atoms with E-state index in [1.54, 1.807) is 12.1 Å². The number of ether oxygens (including phenoxy) is 1. The summed E-state index contributed by atoms with van der Waals surface area (Å²) < 4.78 is 58.0. The molecular formula is C27H26N4O7S2. The summed E-state index contributed by atoms with van der Waals surface area (Å²) >= 11 is 0. The molecule has 0 bridgehead atoms. The molecule has 0 aromatic heterocycles. The molecule has 0 saturated carbocycles. The number of rotatable bonds is 10. The lowest BCUT2D eigenvalue weighted by molar-refractivity contribution is 0.0517. The average Bonchev–Trinajstić information content (AvgIpc) is 2.91. The molecule has 11 nitrogen and oxygen atoms in total. The van der Waals surface area contributed by atoms with Crippen molar-refractivity contribution < 1.29 is 31.5 Å². The fourth-order valence-electron chi connectivity index (χ4n) is 3.58. The van der Waals surface area contributed by atoms with Crippen molar-refractivity contribution in [3.8, 4) is 5.75 Å². The van der Waals surface area contributed by atoms with E-state index in [4.69, 9.17) is 16.2 Å². The summed E-state index contributed by atoms with van der Waals surface area (Å²) in [7, 11) is -7.62. The first-order chi connectivity index (χ1) is 19.0. The summed E-state index contributed by atoms with van der Waals surface area (Å²) in [4.78, 5) is 12.6. The average molecular weight is 583 g/mol. The maximum Gasteiger partial charge on any atom is 0.341 e. The molecule has 208 valence electrons. The predicted octanol–water partition coefficient (Wildman–Crippen LogP) is 3.46. The number of benzene rings is 4. The lowest BCUT2D eigenvalue weighted by Crippen LogP contribution is -2.15. The minimum absolute atomic E-state index is 0.0183. The van der Waals surface area contributed by atoms with Crippen molar-refractivity contribution in [1.29, 1.82) is 0 Å². The van der Waals surface area contributed by atoms with E-state index in [9.17, 15) is 26.7 Å². The summed E-state index contributed by atoms with van der Waals surface area (Å²) in [5.74, 6) is -1.27. The van der Waals surface area contributed by atoms with Crippen LogP contribution in [-0.4, -0.2) is 41.1 Å². The molecule has 7 N–H and O–H groups in total. The molecule has 0 aliphatic heterocycles. The van der Waals surface area contributed by atoms with Gasteiger partial charge in [0.25, 0.3) is 10.0 Å². The van der Waals surface area contributed by atoms with Crippen LogP contribution in [0.15, 0.2) is 106 Å². The second-order valence-electron chi connectivity index (χ2n) is 8.57. The number of nitrogens with one attached hydrogen (secondary N) is 2. The smallest absolute Gasteiger partial charge is 0.341 e. The van der Waals surface area contributed by atoms with Crippen molar-refractivity contribution in [2.45, 2.75) is 14.7 Å². The molecule has 0 saturated heterocycles. The molecule has 0 amide bonds. The molecule has 4 rings (SSSR count). The number of nitrogen functional groups attached to an aromatic ring is 2. The molecular weight excluding hydrogens is 556 g/mol. The highest BCUT2D eigenvalue weighted by molar-refractivity contribution is 7.92. The standard InChI is InChI=1S/C27H26N4O7S2/c28-18-1-8-22(9-2-18)39(34,35)23-12-5-20(6-13-23)30-15-16-38-27(33)25-14-7-21(17-26(25)32)31-40(36,37)24-10-3-19(29)4-11-24/h1-14,17,30-32H,15-16,28-29H2. The Balaban J connectivity index is 1.29. The minimum Gasteiger partial charge on any atom is -0.507 e. The molecule has 4 aromatic carbocycles. The number of hydrogen-bond donors (Lipinski definition) is 5. The van der Waals surface area contributed by atoms with E-state index in [0.29, 0.717) is 17.1 Å². The van der Waals surface area contributed by atoms with Crippen molar-refractivity contribution in [3.05, 3.63) is 96.6 Å². The summed E-state index contributed by atoms with van der Waals surface area (Å²) in [6, 6.07) is 21.2. The first kappa shape index (κ1) is 28.3. The van der Waals surface area contributed by atoms with E-state index in [1.807, 2.05) is 0 Å². The van der Waals surface area contributed by atoms with Crippen LogP contribution in [0.4, 0.5) is 22.7 Å². The van der Waals surface area contributed by atoms with Gasteiger partial charge in [-0.05, 0) is 84.9 Å². The molecule has 0 aliphatic rings. The van der Waals surface area contributed by atoms with Crippen molar-refractivity contribution >= 4 is 48.6 Å². The number of phenolic OH excluding ortho intramolecular Hbond substituents is 1. The number of esters is 1. The maximum atomic E-state index is 12.7. The molecule has 4 aromatic rings. The monoisotopic (exact) mass is 582 g/mol. The third-order valence-electron chi connectivity index (χ3n) is 5.68. The number of aromatic hydroxyl groups is 1. The van der Waals surface area contributed by atoms with Crippen LogP contribution in [0.1, 0.15) is 10.4 Å². The van der Waals surface area contributed by atoms with Gasteiger partial charge in [-0.15, -0.1) is 0 Å². The third-order valence-corrected chi connectivity index (χ3v) is 8.86. The molecule has 0 spiro atoms. The normalized spacial score (nSPS) is 11.5. The summed E-state index contributed by atoms with van der Waals surface area (Å²) in [6.45, 7) is 0.144. The molecule has 13 heteroatoms. The highest BCUT2D eigenvalue weighted by Gasteiger charge is 2.19. The highest BCUT2D eigenvalue weighted by atomic mass is 32.2. The Kier molecular flexibility index (Phi) is 8.16. The van der Waals surface area contributed by atoms with Crippen molar-refractivity contribution in [2.24, 2.45) is 0 Å². The fraction of sp³-hybridized carbons (Fsp3) is 0.0741. The fourth-order valence-corrected chi connectivity index (χ4v) is 5.89. The van der Waals surface area contributed by atoms with E-state index in [1.165, 1.54) is 72.8 Å². The van der Waals surface area contributed by atoms with Crippen LogP contribution < -0.4 is 21.5 Å². The second kappa shape index (κ2) is 11.6. The van der Waals surface area contributed by atoms with Gasteiger partial charge in [0, 0.05) is 29.7 Å². The summed E-state index contributed by atoms with van der Waals surface area (Å²) in [5, 5.41) is 13.3. The van der Waals surface area contributed by atoms with Gasteiger partial charge in [0.2, 0.25) is 9.84 Å². The van der Waals surface area contributed by atoms with Crippen molar-refractivity contribution in [2.75, 3.05) is 34.7 Å². The Hall–Kier alpha value is -4.75. The largest absolute Gasteiger partial charge is 0.507 e. The zero-order valence-electron chi connectivity index (χ0n) is 20.9. The number of sulfone groups is 1. The number of nitrogens with two attached hydrogens (primary N) is 2. The summed E-state index contributed by atoms with van der Waals surface area (Å²) in [5.41, 5.74) is 12.6.